The number of nitrogens with one attached hydrogen (secondary N) is 1. The number of carbonyl (C=O) groups excluding carboxylic acids is 1. The summed E-state index contributed by atoms with van der Waals surface area (Å²) in [5.74, 6) is -1.41. The Hall–Kier alpha value is -2.35. The molecule has 8 heteroatoms. The Kier molecular flexibility index (Phi) is 6.19. The summed E-state index contributed by atoms with van der Waals surface area (Å²) in [7, 11) is 0. The predicted molar refractivity (Wildman–Crippen MR) is 87.4 cm³/mol. The Morgan fingerprint density at radius 3 is 2.32 bits per heavy atom. The highest BCUT2D eigenvalue weighted by atomic mass is 32.1. The quantitative estimate of drug-likeness (QED) is 0.783. The first-order chi connectivity index (χ1) is 11.7. The van der Waals surface area contributed by atoms with Crippen molar-refractivity contribution in [1.82, 2.24) is 5.32 Å². The molecule has 1 aromatic heterocycles. The SMILES string of the molecule is O=C(O)CC(Cc1ccc(C(F)(F)F)cc1)NC(=O)Cc1ccsc1. The van der Waals surface area contributed by atoms with Gasteiger partial charge in [-0.05, 0) is 46.5 Å². The number of amides is 1. The Morgan fingerprint density at radius 1 is 1.12 bits per heavy atom. The van der Waals surface area contributed by atoms with Gasteiger partial charge in [0, 0.05) is 6.04 Å². The summed E-state index contributed by atoms with van der Waals surface area (Å²) >= 11 is 1.45. The normalized spacial score (nSPS) is 12.6. The summed E-state index contributed by atoms with van der Waals surface area (Å²) in [4.78, 5) is 23.0. The molecule has 0 saturated heterocycles. The fourth-order valence-electron chi connectivity index (χ4n) is 2.36. The van der Waals surface area contributed by atoms with E-state index in [1.807, 2.05) is 10.8 Å². The summed E-state index contributed by atoms with van der Waals surface area (Å²) in [6.07, 6.45) is -4.46. The minimum Gasteiger partial charge on any atom is -0.481 e. The molecular weight excluding hydrogens is 355 g/mol. The zero-order valence-electron chi connectivity index (χ0n) is 13.0. The number of alkyl halides is 3. The number of halogens is 3. The number of hydrogen-bond donors (Lipinski definition) is 2. The highest BCUT2D eigenvalue weighted by Gasteiger charge is 2.30. The van der Waals surface area contributed by atoms with Gasteiger partial charge in [0.25, 0.3) is 0 Å². The van der Waals surface area contributed by atoms with Gasteiger partial charge in [0.15, 0.2) is 0 Å². The van der Waals surface area contributed by atoms with Crippen LogP contribution < -0.4 is 5.32 Å². The van der Waals surface area contributed by atoms with Gasteiger partial charge in [-0.15, -0.1) is 0 Å². The van der Waals surface area contributed by atoms with Crippen LogP contribution in [0.4, 0.5) is 13.2 Å². The van der Waals surface area contributed by atoms with Crippen molar-refractivity contribution >= 4 is 23.2 Å². The fraction of sp³-hybridized carbons (Fsp3) is 0.294. The van der Waals surface area contributed by atoms with Crippen LogP contribution in [-0.2, 0) is 28.6 Å². The minimum atomic E-state index is -4.42. The van der Waals surface area contributed by atoms with Crippen LogP contribution in [0.1, 0.15) is 23.1 Å². The summed E-state index contributed by atoms with van der Waals surface area (Å²) in [5.41, 5.74) is 0.578. The number of carboxylic acids is 1. The van der Waals surface area contributed by atoms with Gasteiger partial charge >= 0.3 is 12.1 Å². The summed E-state index contributed by atoms with van der Waals surface area (Å²) in [6.45, 7) is 0. The minimum absolute atomic E-state index is 0.132. The predicted octanol–water partition coefficient (Wildman–Crippen LogP) is 3.51. The maximum absolute atomic E-state index is 12.6. The topological polar surface area (TPSA) is 66.4 Å². The molecule has 25 heavy (non-hydrogen) atoms. The third-order valence-electron chi connectivity index (χ3n) is 3.49. The highest BCUT2D eigenvalue weighted by Crippen LogP contribution is 2.29. The van der Waals surface area contributed by atoms with Crippen molar-refractivity contribution < 1.29 is 27.9 Å². The van der Waals surface area contributed by atoms with E-state index in [0.717, 1.165) is 17.7 Å². The second-order valence-corrected chi connectivity index (χ2v) is 6.35. The highest BCUT2D eigenvalue weighted by molar-refractivity contribution is 7.08. The van der Waals surface area contributed by atoms with E-state index >= 15 is 0 Å². The lowest BCUT2D eigenvalue weighted by Gasteiger charge is -2.17. The molecule has 1 unspecified atom stereocenters. The van der Waals surface area contributed by atoms with Gasteiger partial charge in [-0.1, -0.05) is 12.1 Å². The molecule has 2 N–H and O–H groups in total. The standard InChI is InChI=1S/C17H16F3NO3S/c18-17(19,20)13-3-1-11(2-4-13)7-14(9-16(23)24)21-15(22)8-12-5-6-25-10-12/h1-6,10,14H,7-9H2,(H,21,22)(H,23,24). The van der Waals surface area contributed by atoms with Crippen LogP contribution in [0.2, 0.25) is 0 Å². The summed E-state index contributed by atoms with van der Waals surface area (Å²) in [5, 5.41) is 15.3. The maximum Gasteiger partial charge on any atom is 0.416 e. The first-order valence-corrected chi connectivity index (χ1v) is 8.36. The Morgan fingerprint density at radius 2 is 1.80 bits per heavy atom. The largest absolute Gasteiger partial charge is 0.481 e. The van der Waals surface area contributed by atoms with Gasteiger partial charge < -0.3 is 10.4 Å². The molecule has 2 aromatic rings. The van der Waals surface area contributed by atoms with E-state index in [1.54, 1.807) is 6.07 Å². The van der Waals surface area contributed by atoms with Crippen LogP contribution in [0.15, 0.2) is 41.1 Å². The number of carbonyl (C=O) groups is 2. The maximum atomic E-state index is 12.6. The molecule has 1 heterocycles. The summed E-state index contributed by atoms with van der Waals surface area (Å²) < 4.78 is 37.7. The van der Waals surface area contributed by atoms with E-state index in [-0.39, 0.29) is 25.2 Å². The van der Waals surface area contributed by atoms with Crippen molar-refractivity contribution in [2.24, 2.45) is 0 Å². The Labute approximate surface area is 146 Å². The number of carboxylic acid groups (broad SMARTS) is 1. The fourth-order valence-corrected chi connectivity index (χ4v) is 3.03. The molecule has 0 fully saturated rings. The molecule has 2 rings (SSSR count). The molecule has 0 spiro atoms. The van der Waals surface area contributed by atoms with E-state index in [9.17, 15) is 22.8 Å². The first-order valence-electron chi connectivity index (χ1n) is 7.42. The third kappa shape index (κ3) is 6.22. The van der Waals surface area contributed by atoms with Gasteiger partial charge in [-0.2, -0.15) is 24.5 Å². The smallest absolute Gasteiger partial charge is 0.416 e. The van der Waals surface area contributed by atoms with Gasteiger partial charge in [0.1, 0.15) is 0 Å². The molecular formula is C17H16F3NO3S. The average molecular weight is 371 g/mol. The average Bonchev–Trinajstić information content (AvgIpc) is 2.98. The first kappa shape index (κ1) is 19.0. The second-order valence-electron chi connectivity index (χ2n) is 5.57. The van der Waals surface area contributed by atoms with Gasteiger partial charge in [-0.3, -0.25) is 9.59 Å². The molecule has 1 atom stereocenters. The van der Waals surface area contributed by atoms with Crippen LogP contribution in [0, 0.1) is 0 Å². The van der Waals surface area contributed by atoms with E-state index in [1.165, 1.54) is 23.5 Å². The van der Waals surface area contributed by atoms with E-state index in [0.29, 0.717) is 5.56 Å². The van der Waals surface area contributed by atoms with Gasteiger partial charge in [0.2, 0.25) is 5.91 Å². The monoisotopic (exact) mass is 371 g/mol. The van der Waals surface area contributed by atoms with Crippen LogP contribution in [0.3, 0.4) is 0 Å². The Balaban J connectivity index is 2.01. The van der Waals surface area contributed by atoms with Crippen LogP contribution in [0.25, 0.3) is 0 Å². The number of thiophene rings is 1. The van der Waals surface area contributed by atoms with Crippen molar-refractivity contribution in [3.8, 4) is 0 Å². The molecule has 134 valence electrons. The molecule has 0 aliphatic heterocycles. The zero-order chi connectivity index (χ0) is 18.4. The lowest BCUT2D eigenvalue weighted by atomic mass is 10.0. The molecule has 0 aliphatic carbocycles. The molecule has 1 aromatic carbocycles. The van der Waals surface area contributed by atoms with Crippen molar-refractivity contribution in [1.29, 1.82) is 0 Å². The molecule has 4 nitrogen and oxygen atoms in total. The summed E-state index contributed by atoms with van der Waals surface area (Å²) in [6, 6.07) is 5.58. The molecule has 1 amide bonds. The van der Waals surface area contributed by atoms with Crippen LogP contribution in [0.5, 0.6) is 0 Å². The number of rotatable bonds is 7. The van der Waals surface area contributed by atoms with E-state index in [2.05, 4.69) is 5.32 Å². The van der Waals surface area contributed by atoms with Crippen molar-refractivity contribution in [2.75, 3.05) is 0 Å². The lowest BCUT2D eigenvalue weighted by molar-refractivity contribution is -0.138. The number of benzene rings is 1. The molecule has 0 radical (unpaired) electrons. The van der Waals surface area contributed by atoms with Gasteiger partial charge in [0.05, 0.1) is 18.4 Å². The molecule has 0 aliphatic rings. The van der Waals surface area contributed by atoms with Crippen molar-refractivity contribution in [3.63, 3.8) is 0 Å². The molecule has 0 saturated carbocycles. The number of hydrogen-bond acceptors (Lipinski definition) is 3. The number of aliphatic carboxylic acids is 1. The van der Waals surface area contributed by atoms with Crippen molar-refractivity contribution in [3.05, 3.63) is 57.8 Å². The lowest BCUT2D eigenvalue weighted by Crippen LogP contribution is -2.38. The third-order valence-corrected chi connectivity index (χ3v) is 4.23. The zero-order valence-corrected chi connectivity index (χ0v) is 13.9. The van der Waals surface area contributed by atoms with Crippen LogP contribution in [-0.4, -0.2) is 23.0 Å². The van der Waals surface area contributed by atoms with E-state index < -0.39 is 23.8 Å². The second kappa shape index (κ2) is 8.15. The van der Waals surface area contributed by atoms with Crippen LogP contribution >= 0.6 is 11.3 Å². The molecule has 0 bridgehead atoms. The van der Waals surface area contributed by atoms with Gasteiger partial charge in [-0.25, -0.2) is 0 Å². The van der Waals surface area contributed by atoms with Crippen molar-refractivity contribution in [2.45, 2.75) is 31.5 Å². The van der Waals surface area contributed by atoms with E-state index in [4.69, 9.17) is 5.11 Å². The Bertz CT molecular complexity index is 712.